The fraction of sp³-hybridized carbons (Fsp3) is 0.269. The van der Waals surface area contributed by atoms with Crippen LogP contribution in [0.4, 0.5) is 5.69 Å². The third-order valence-electron chi connectivity index (χ3n) is 7.03. The molecule has 0 spiro atoms. The lowest BCUT2D eigenvalue weighted by atomic mass is 9.98. The van der Waals surface area contributed by atoms with Crippen LogP contribution < -0.4 is 4.90 Å². The maximum Gasteiger partial charge on any atom is 0.267 e. The quantitative estimate of drug-likeness (QED) is 0.703. The van der Waals surface area contributed by atoms with Gasteiger partial charge < -0.3 is 5.11 Å². The van der Waals surface area contributed by atoms with Crippen molar-refractivity contribution in [2.75, 3.05) is 18.0 Å². The fourth-order valence-electron chi connectivity index (χ4n) is 5.51. The standard InChI is InChI=1S/C26H24N2O2/c1-26(30)21-10-2-3-11-22(21)28(25(26)29)19-12-14-27(15-13-19)23-16-18-8-4-6-17-7-5-9-20(23)24(17)18/h2-12,23,30H,13-16H2,1H3/t23?,26-/m1/s1. The third kappa shape index (κ3) is 2.38. The summed E-state index contributed by atoms with van der Waals surface area (Å²) < 4.78 is 0. The topological polar surface area (TPSA) is 43.8 Å². The zero-order chi connectivity index (χ0) is 20.5. The molecule has 4 heteroatoms. The van der Waals surface area contributed by atoms with Gasteiger partial charge in [-0.2, -0.15) is 0 Å². The number of para-hydroxylation sites is 1. The summed E-state index contributed by atoms with van der Waals surface area (Å²) in [5.74, 6) is -0.249. The Bertz CT molecular complexity index is 1220. The van der Waals surface area contributed by atoms with Crippen LogP contribution in [0.5, 0.6) is 0 Å². The summed E-state index contributed by atoms with van der Waals surface area (Å²) in [4.78, 5) is 17.3. The minimum Gasteiger partial charge on any atom is -0.375 e. The first-order chi connectivity index (χ1) is 14.6. The molecule has 6 rings (SSSR count). The molecule has 3 aliphatic rings. The Kier molecular flexibility index (Phi) is 3.74. The van der Waals surface area contributed by atoms with Gasteiger partial charge in [-0.05, 0) is 41.3 Å². The number of amides is 1. The molecule has 3 aromatic carbocycles. The average molecular weight is 396 g/mol. The zero-order valence-corrected chi connectivity index (χ0v) is 17.0. The first-order valence-electron chi connectivity index (χ1n) is 10.7. The Morgan fingerprint density at radius 1 is 1.03 bits per heavy atom. The van der Waals surface area contributed by atoms with Gasteiger partial charge in [0.25, 0.3) is 5.91 Å². The van der Waals surface area contributed by atoms with Crippen molar-refractivity contribution in [2.24, 2.45) is 0 Å². The van der Waals surface area contributed by atoms with Gasteiger partial charge in [0.15, 0.2) is 5.60 Å². The Morgan fingerprint density at radius 2 is 1.83 bits per heavy atom. The van der Waals surface area contributed by atoms with Crippen molar-refractivity contribution in [1.29, 1.82) is 0 Å². The van der Waals surface area contributed by atoms with E-state index in [9.17, 15) is 9.90 Å². The molecule has 0 aromatic heterocycles. The monoisotopic (exact) mass is 396 g/mol. The second-order valence-electron chi connectivity index (χ2n) is 8.75. The van der Waals surface area contributed by atoms with Crippen LogP contribution in [0.2, 0.25) is 0 Å². The number of aliphatic hydroxyl groups is 1. The molecule has 1 unspecified atom stereocenters. The SMILES string of the molecule is C[C@]1(O)C(=O)N(C2=CCN(C3Cc4cccc5cccc3c45)CC2)c2ccccc21. The Labute approximate surface area is 176 Å². The number of hydrogen-bond acceptors (Lipinski definition) is 3. The van der Waals surface area contributed by atoms with Crippen molar-refractivity contribution in [3.8, 4) is 0 Å². The fourth-order valence-corrected chi connectivity index (χ4v) is 5.51. The second kappa shape index (κ2) is 6.27. The van der Waals surface area contributed by atoms with Crippen LogP contribution in [0.1, 0.15) is 36.1 Å². The number of rotatable bonds is 2. The van der Waals surface area contributed by atoms with Gasteiger partial charge in [-0.25, -0.2) is 0 Å². The van der Waals surface area contributed by atoms with E-state index in [0.717, 1.165) is 37.3 Å². The number of carbonyl (C=O) groups excluding carboxylic acids is 1. The van der Waals surface area contributed by atoms with Gasteiger partial charge in [0.05, 0.1) is 5.69 Å². The molecule has 2 heterocycles. The van der Waals surface area contributed by atoms with Crippen LogP contribution in [0.25, 0.3) is 10.8 Å². The van der Waals surface area contributed by atoms with E-state index in [1.807, 2.05) is 24.3 Å². The smallest absolute Gasteiger partial charge is 0.267 e. The molecule has 30 heavy (non-hydrogen) atoms. The molecule has 0 radical (unpaired) electrons. The van der Waals surface area contributed by atoms with Crippen LogP contribution >= 0.6 is 0 Å². The van der Waals surface area contributed by atoms with E-state index in [-0.39, 0.29) is 5.91 Å². The lowest BCUT2D eigenvalue weighted by Crippen LogP contribution is -2.41. The van der Waals surface area contributed by atoms with Crippen molar-refractivity contribution in [1.82, 2.24) is 4.90 Å². The van der Waals surface area contributed by atoms with Gasteiger partial charge in [0.1, 0.15) is 0 Å². The summed E-state index contributed by atoms with van der Waals surface area (Å²) in [5, 5.41) is 13.5. The average Bonchev–Trinajstić information content (AvgIpc) is 3.24. The summed E-state index contributed by atoms with van der Waals surface area (Å²) in [5.41, 5.74) is 3.89. The maximum atomic E-state index is 13.0. The molecule has 2 atom stereocenters. The maximum absolute atomic E-state index is 13.0. The Morgan fingerprint density at radius 3 is 2.63 bits per heavy atom. The molecule has 1 amide bonds. The first-order valence-corrected chi connectivity index (χ1v) is 10.7. The number of hydrogen-bond donors (Lipinski definition) is 1. The molecule has 4 nitrogen and oxygen atoms in total. The second-order valence-corrected chi connectivity index (χ2v) is 8.75. The van der Waals surface area contributed by atoms with E-state index in [0.29, 0.717) is 11.6 Å². The molecular formula is C26H24N2O2. The molecule has 0 saturated heterocycles. The third-order valence-corrected chi connectivity index (χ3v) is 7.03. The highest BCUT2D eigenvalue weighted by molar-refractivity contribution is 6.08. The van der Waals surface area contributed by atoms with E-state index < -0.39 is 5.60 Å². The lowest BCUT2D eigenvalue weighted by molar-refractivity contribution is -0.133. The lowest BCUT2D eigenvalue weighted by Gasteiger charge is -2.34. The van der Waals surface area contributed by atoms with Gasteiger partial charge in [-0.15, -0.1) is 0 Å². The van der Waals surface area contributed by atoms with E-state index >= 15 is 0 Å². The molecule has 1 aliphatic carbocycles. The van der Waals surface area contributed by atoms with Crippen LogP contribution in [0, 0.1) is 0 Å². The summed E-state index contributed by atoms with van der Waals surface area (Å²) >= 11 is 0. The molecule has 0 bridgehead atoms. The zero-order valence-electron chi connectivity index (χ0n) is 17.0. The largest absolute Gasteiger partial charge is 0.375 e. The molecule has 0 saturated carbocycles. The molecule has 1 N–H and O–H groups in total. The normalized spacial score (nSPS) is 25.7. The highest BCUT2D eigenvalue weighted by Gasteiger charge is 2.47. The van der Waals surface area contributed by atoms with Crippen molar-refractivity contribution < 1.29 is 9.90 Å². The van der Waals surface area contributed by atoms with Gasteiger partial charge in [0.2, 0.25) is 0 Å². The van der Waals surface area contributed by atoms with Crippen molar-refractivity contribution in [2.45, 2.75) is 31.4 Å². The number of nitrogens with zero attached hydrogens (tertiary/aromatic N) is 2. The molecule has 150 valence electrons. The summed E-state index contributed by atoms with van der Waals surface area (Å²) in [7, 11) is 0. The van der Waals surface area contributed by atoms with Gasteiger partial charge in [-0.3, -0.25) is 14.6 Å². The van der Waals surface area contributed by atoms with Crippen molar-refractivity contribution >= 4 is 22.4 Å². The van der Waals surface area contributed by atoms with Crippen molar-refractivity contribution in [3.05, 3.63) is 89.1 Å². The van der Waals surface area contributed by atoms with E-state index in [1.165, 1.54) is 21.9 Å². The number of carbonyl (C=O) groups is 1. The van der Waals surface area contributed by atoms with Gasteiger partial charge in [-0.1, -0.05) is 60.7 Å². The van der Waals surface area contributed by atoms with E-state index in [4.69, 9.17) is 0 Å². The first kappa shape index (κ1) is 17.9. The number of benzene rings is 3. The summed E-state index contributed by atoms with van der Waals surface area (Å²) in [6, 6.07) is 21.2. The molecule has 2 aliphatic heterocycles. The van der Waals surface area contributed by atoms with Crippen LogP contribution in [0.15, 0.2) is 72.4 Å². The number of anilines is 1. The van der Waals surface area contributed by atoms with Crippen molar-refractivity contribution in [3.63, 3.8) is 0 Å². The van der Waals surface area contributed by atoms with Crippen LogP contribution in [0.3, 0.4) is 0 Å². The highest BCUT2D eigenvalue weighted by atomic mass is 16.3. The van der Waals surface area contributed by atoms with Crippen LogP contribution in [-0.2, 0) is 16.8 Å². The predicted molar refractivity (Wildman–Crippen MR) is 118 cm³/mol. The summed E-state index contributed by atoms with van der Waals surface area (Å²) in [6.07, 6.45) is 4.00. The molecule has 0 fully saturated rings. The predicted octanol–water partition coefficient (Wildman–Crippen LogP) is 4.28. The van der Waals surface area contributed by atoms with E-state index in [1.54, 1.807) is 11.8 Å². The molecular weight excluding hydrogens is 372 g/mol. The minimum absolute atomic E-state index is 0.249. The van der Waals surface area contributed by atoms with E-state index in [2.05, 4.69) is 47.4 Å². The minimum atomic E-state index is -1.46. The number of fused-ring (bicyclic) bond motifs is 1. The molecule has 3 aromatic rings. The Hall–Kier alpha value is -2.95. The van der Waals surface area contributed by atoms with Crippen LogP contribution in [-0.4, -0.2) is 29.0 Å². The highest BCUT2D eigenvalue weighted by Crippen LogP contribution is 2.44. The summed E-state index contributed by atoms with van der Waals surface area (Å²) in [6.45, 7) is 3.30. The van der Waals surface area contributed by atoms with Gasteiger partial charge >= 0.3 is 0 Å². The van der Waals surface area contributed by atoms with Gasteiger partial charge in [0, 0.05) is 36.8 Å². The Balaban J connectivity index is 1.30.